The minimum absolute atomic E-state index is 0.0399. The highest BCUT2D eigenvalue weighted by Gasteiger charge is 2.27. The van der Waals surface area contributed by atoms with Crippen LogP contribution in [0.3, 0.4) is 0 Å². The maximum atomic E-state index is 12.2. The predicted molar refractivity (Wildman–Crippen MR) is 82.5 cm³/mol. The summed E-state index contributed by atoms with van der Waals surface area (Å²) in [5.41, 5.74) is 0.727. The van der Waals surface area contributed by atoms with Gasteiger partial charge in [-0.15, -0.1) is 0 Å². The molecule has 1 saturated heterocycles. The molecule has 0 aliphatic carbocycles. The van der Waals surface area contributed by atoms with Crippen molar-refractivity contribution >= 4 is 18.0 Å². The first-order chi connectivity index (χ1) is 11.0. The van der Waals surface area contributed by atoms with E-state index in [-0.39, 0.29) is 19.1 Å². The third-order valence-corrected chi connectivity index (χ3v) is 3.50. The average molecular weight is 321 g/mol. The van der Waals surface area contributed by atoms with Gasteiger partial charge in [0.25, 0.3) is 0 Å². The lowest BCUT2D eigenvalue weighted by Gasteiger charge is -2.30. The van der Waals surface area contributed by atoms with Crippen molar-refractivity contribution in [2.45, 2.75) is 6.10 Å². The summed E-state index contributed by atoms with van der Waals surface area (Å²) < 4.78 is 15.5. The number of carboxylic acid groups (broad SMARTS) is 1. The first kappa shape index (κ1) is 16.8. The second-order valence-electron chi connectivity index (χ2n) is 4.92. The lowest BCUT2D eigenvalue weighted by molar-refractivity contribution is -0.158. The van der Waals surface area contributed by atoms with Crippen LogP contribution in [0.25, 0.3) is 6.08 Å². The van der Waals surface area contributed by atoms with E-state index in [9.17, 15) is 9.59 Å². The molecule has 1 fully saturated rings. The van der Waals surface area contributed by atoms with Gasteiger partial charge in [-0.1, -0.05) is 0 Å². The van der Waals surface area contributed by atoms with Crippen molar-refractivity contribution in [3.8, 4) is 11.5 Å². The van der Waals surface area contributed by atoms with Gasteiger partial charge < -0.3 is 24.2 Å². The van der Waals surface area contributed by atoms with Crippen molar-refractivity contribution in [1.82, 2.24) is 4.90 Å². The van der Waals surface area contributed by atoms with E-state index in [1.165, 1.54) is 18.1 Å². The fourth-order valence-electron chi connectivity index (χ4n) is 2.22. The first-order valence-corrected chi connectivity index (χ1v) is 7.08. The zero-order valence-corrected chi connectivity index (χ0v) is 13.0. The Kier molecular flexibility index (Phi) is 5.59. The standard InChI is InChI=1S/C16H19NO6/c1-21-12-5-3-11(13(9-12)22-2)4-6-15(18)17-7-8-23-14(10-17)16(19)20/h3-6,9,14H,7-8,10H2,1-2H3,(H,19,20)/b6-4+. The van der Waals surface area contributed by atoms with Gasteiger partial charge in [-0.05, 0) is 18.2 Å². The molecule has 7 nitrogen and oxygen atoms in total. The van der Waals surface area contributed by atoms with Crippen LogP contribution in [0.4, 0.5) is 0 Å². The molecule has 0 aromatic heterocycles. The number of morpholine rings is 1. The molecule has 1 atom stereocenters. The molecule has 7 heteroatoms. The van der Waals surface area contributed by atoms with Gasteiger partial charge in [0, 0.05) is 24.3 Å². The highest BCUT2D eigenvalue weighted by atomic mass is 16.5. The molecule has 1 aliphatic heterocycles. The summed E-state index contributed by atoms with van der Waals surface area (Å²) in [5, 5.41) is 8.95. The van der Waals surface area contributed by atoms with E-state index in [0.29, 0.717) is 18.0 Å². The summed E-state index contributed by atoms with van der Waals surface area (Å²) >= 11 is 0. The molecule has 1 unspecified atom stereocenters. The molecular formula is C16H19NO6. The Morgan fingerprint density at radius 2 is 2.13 bits per heavy atom. The monoisotopic (exact) mass is 321 g/mol. The second-order valence-corrected chi connectivity index (χ2v) is 4.92. The molecule has 1 N–H and O–H groups in total. The molecular weight excluding hydrogens is 302 g/mol. The van der Waals surface area contributed by atoms with Crippen molar-refractivity contribution in [3.05, 3.63) is 29.8 Å². The summed E-state index contributed by atoms with van der Waals surface area (Å²) in [6.07, 6.45) is 2.05. The Hall–Kier alpha value is -2.54. The topological polar surface area (TPSA) is 85.3 Å². The number of carbonyl (C=O) groups is 2. The Morgan fingerprint density at radius 1 is 1.35 bits per heavy atom. The highest BCUT2D eigenvalue weighted by Crippen LogP contribution is 2.25. The van der Waals surface area contributed by atoms with Gasteiger partial charge in [0.1, 0.15) is 11.5 Å². The maximum absolute atomic E-state index is 12.2. The number of carboxylic acids is 1. The van der Waals surface area contributed by atoms with Crippen molar-refractivity contribution in [3.63, 3.8) is 0 Å². The summed E-state index contributed by atoms with van der Waals surface area (Å²) in [7, 11) is 3.10. The summed E-state index contributed by atoms with van der Waals surface area (Å²) in [6, 6.07) is 5.27. The van der Waals surface area contributed by atoms with Crippen LogP contribution in [-0.4, -0.2) is 61.9 Å². The molecule has 0 spiro atoms. The number of aliphatic carboxylic acids is 1. The van der Waals surface area contributed by atoms with E-state index in [1.807, 2.05) is 0 Å². The molecule has 2 rings (SSSR count). The molecule has 1 amide bonds. The van der Waals surface area contributed by atoms with Crippen LogP contribution in [0.15, 0.2) is 24.3 Å². The van der Waals surface area contributed by atoms with Crippen molar-refractivity contribution in [2.24, 2.45) is 0 Å². The van der Waals surface area contributed by atoms with Crippen LogP contribution in [0.2, 0.25) is 0 Å². The van der Waals surface area contributed by atoms with E-state index in [4.69, 9.17) is 19.3 Å². The number of methoxy groups -OCH3 is 2. The van der Waals surface area contributed by atoms with Crippen LogP contribution < -0.4 is 9.47 Å². The Balaban J connectivity index is 2.07. The third kappa shape index (κ3) is 4.23. The number of carbonyl (C=O) groups excluding carboxylic acids is 1. The van der Waals surface area contributed by atoms with Crippen molar-refractivity contribution in [1.29, 1.82) is 0 Å². The van der Waals surface area contributed by atoms with Crippen molar-refractivity contribution < 1.29 is 28.9 Å². The second kappa shape index (κ2) is 7.64. The van der Waals surface area contributed by atoms with Gasteiger partial charge in [-0.3, -0.25) is 4.79 Å². The van der Waals surface area contributed by atoms with E-state index in [2.05, 4.69) is 0 Å². The van der Waals surface area contributed by atoms with Crippen LogP contribution >= 0.6 is 0 Å². The Morgan fingerprint density at radius 3 is 2.78 bits per heavy atom. The summed E-state index contributed by atoms with van der Waals surface area (Å²) in [5.74, 6) is -0.0951. The number of hydrogen-bond acceptors (Lipinski definition) is 5. The zero-order chi connectivity index (χ0) is 16.8. The fourth-order valence-corrected chi connectivity index (χ4v) is 2.22. The Bertz CT molecular complexity index is 613. The Labute approximate surface area is 134 Å². The third-order valence-electron chi connectivity index (χ3n) is 3.50. The van der Waals surface area contributed by atoms with Gasteiger partial charge in [-0.25, -0.2) is 4.79 Å². The number of benzene rings is 1. The molecule has 23 heavy (non-hydrogen) atoms. The molecule has 0 saturated carbocycles. The minimum Gasteiger partial charge on any atom is -0.497 e. The van der Waals surface area contributed by atoms with Gasteiger partial charge in [-0.2, -0.15) is 0 Å². The molecule has 1 aliphatic rings. The molecule has 0 radical (unpaired) electrons. The zero-order valence-electron chi connectivity index (χ0n) is 13.0. The largest absolute Gasteiger partial charge is 0.497 e. The van der Waals surface area contributed by atoms with E-state index in [1.54, 1.807) is 31.4 Å². The number of amides is 1. The number of hydrogen-bond donors (Lipinski definition) is 1. The SMILES string of the molecule is COc1ccc(/C=C/C(=O)N2CCOC(C(=O)O)C2)c(OC)c1. The highest BCUT2D eigenvalue weighted by molar-refractivity contribution is 5.92. The minimum atomic E-state index is -1.07. The molecule has 1 aromatic carbocycles. The molecule has 1 heterocycles. The van der Waals surface area contributed by atoms with Crippen LogP contribution in [0.1, 0.15) is 5.56 Å². The van der Waals surface area contributed by atoms with Crippen molar-refractivity contribution in [2.75, 3.05) is 33.9 Å². The van der Waals surface area contributed by atoms with Crippen LogP contribution in [-0.2, 0) is 14.3 Å². The van der Waals surface area contributed by atoms with Gasteiger partial charge in [0.15, 0.2) is 6.10 Å². The number of nitrogens with zero attached hydrogens (tertiary/aromatic N) is 1. The smallest absolute Gasteiger partial charge is 0.334 e. The van der Waals surface area contributed by atoms with Crippen LogP contribution in [0, 0.1) is 0 Å². The number of ether oxygens (including phenoxy) is 3. The maximum Gasteiger partial charge on any atom is 0.334 e. The predicted octanol–water partition coefficient (Wildman–Crippen LogP) is 1.03. The molecule has 124 valence electrons. The number of rotatable bonds is 5. The summed E-state index contributed by atoms with van der Waals surface area (Å²) in [4.78, 5) is 24.6. The lowest BCUT2D eigenvalue weighted by atomic mass is 10.1. The van der Waals surface area contributed by atoms with Gasteiger partial charge in [0.2, 0.25) is 5.91 Å². The average Bonchev–Trinajstić information content (AvgIpc) is 2.59. The molecule has 0 bridgehead atoms. The normalized spacial score (nSPS) is 18.0. The first-order valence-electron chi connectivity index (χ1n) is 7.08. The van der Waals surface area contributed by atoms with Gasteiger partial charge >= 0.3 is 5.97 Å². The molecule has 1 aromatic rings. The van der Waals surface area contributed by atoms with E-state index >= 15 is 0 Å². The van der Waals surface area contributed by atoms with E-state index in [0.717, 1.165) is 5.56 Å². The summed E-state index contributed by atoms with van der Waals surface area (Å²) in [6.45, 7) is 0.618. The van der Waals surface area contributed by atoms with Gasteiger partial charge in [0.05, 0.1) is 27.4 Å². The lowest BCUT2D eigenvalue weighted by Crippen LogP contribution is -2.48. The van der Waals surface area contributed by atoms with E-state index < -0.39 is 12.1 Å². The van der Waals surface area contributed by atoms with Crippen LogP contribution in [0.5, 0.6) is 11.5 Å². The fraction of sp³-hybridized carbons (Fsp3) is 0.375. The quantitative estimate of drug-likeness (QED) is 0.815.